The van der Waals surface area contributed by atoms with Gasteiger partial charge in [-0.1, -0.05) is 6.42 Å². The Balaban J connectivity index is 0.00000144. The van der Waals surface area contributed by atoms with Crippen LogP contribution >= 0.6 is 12.4 Å². The summed E-state index contributed by atoms with van der Waals surface area (Å²) in [6.07, 6.45) is 6.21. The van der Waals surface area contributed by atoms with Gasteiger partial charge >= 0.3 is 0 Å². The van der Waals surface area contributed by atoms with Crippen molar-refractivity contribution >= 4 is 18.3 Å². The number of rotatable bonds is 4. The molecule has 1 heterocycles. The van der Waals surface area contributed by atoms with Gasteiger partial charge in [-0.25, -0.2) is 0 Å². The molecule has 4 nitrogen and oxygen atoms in total. The van der Waals surface area contributed by atoms with Crippen LogP contribution in [0.5, 0.6) is 0 Å². The summed E-state index contributed by atoms with van der Waals surface area (Å²) < 4.78 is 5.46. The van der Waals surface area contributed by atoms with Crippen molar-refractivity contribution in [3.63, 3.8) is 0 Å². The predicted octanol–water partition coefficient (Wildman–Crippen LogP) is 1.22. The molecule has 1 aliphatic carbocycles. The first-order valence-electron chi connectivity index (χ1n) is 6.40. The van der Waals surface area contributed by atoms with Crippen molar-refractivity contribution in [1.82, 2.24) is 5.32 Å². The zero-order valence-corrected chi connectivity index (χ0v) is 11.0. The van der Waals surface area contributed by atoms with Crippen molar-refractivity contribution in [3.05, 3.63) is 0 Å². The monoisotopic (exact) mass is 262 g/mol. The lowest BCUT2D eigenvalue weighted by Crippen LogP contribution is -2.40. The molecule has 2 aliphatic rings. The molecule has 1 aliphatic heterocycles. The highest BCUT2D eigenvalue weighted by Crippen LogP contribution is 2.25. The number of ether oxygens (including phenoxy) is 1. The van der Waals surface area contributed by atoms with Gasteiger partial charge in [-0.15, -0.1) is 12.4 Å². The number of hydrogen-bond donors (Lipinski definition) is 2. The number of hydrogen-bond acceptors (Lipinski definition) is 3. The van der Waals surface area contributed by atoms with Crippen molar-refractivity contribution in [2.45, 2.75) is 50.7 Å². The normalized spacial score (nSPS) is 32.2. The molecule has 0 aromatic carbocycles. The molecule has 3 unspecified atom stereocenters. The summed E-state index contributed by atoms with van der Waals surface area (Å²) >= 11 is 0. The van der Waals surface area contributed by atoms with Gasteiger partial charge in [0.1, 0.15) is 0 Å². The molecule has 0 spiro atoms. The van der Waals surface area contributed by atoms with Gasteiger partial charge in [-0.2, -0.15) is 0 Å². The average molecular weight is 263 g/mol. The molecule has 0 radical (unpaired) electrons. The van der Waals surface area contributed by atoms with E-state index in [-0.39, 0.29) is 24.4 Å². The highest BCUT2D eigenvalue weighted by Gasteiger charge is 2.28. The summed E-state index contributed by atoms with van der Waals surface area (Å²) in [5.74, 6) is 0.616. The van der Waals surface area contributed by atoms with Gasteiger partial charge in [0.15, 0.2) is 0 Å². The Kier molecular flexibility index (Phi) is 6.23. The molecule has 3 atom stereocenters. The second-order valence-corrected chi connectivity index (χ2v) is 4.94. The standard InChI is InChI=1S/C12H22N2O2.ClH/c13-8-9-3-1-5-11(9)14-12(15)7-10-4-2-6-16-10;/h9-11H,1-8,13H2,(H,14,15);1H. The van der Waals surface area contributed by atoms with Crippen LogP contribution in [0.15, 0.2) is 0 Å². The smallest absolute Gasteiger partial charge is 0.222 e. The molecule has 5 heteroatoms. The fourth-order valence-corrected chi connectivity index (χ4v) is 2.79. The van der Waals surface area contributed by atoms with Gasteiger partial charge in [0.25, 0.3) is 0 Å². The van der Waals surface area contributed by atoms with Crippen LogP contribution in [0.4, 0.5) is 0 Å². The maximum Gasteiger partial charge on any atom is 0.222 e. The van der Waals surface area contributed by atoms with Crippen LogP contribution in [0.25, 0.3) is 0 Å². The molecule has 1 saturated carbocycles. The maximum absolute atomic E-state index is 11.8. The number of halogens is 1. The Morgan fingerprint density at radius 3 is 2.76 bits per heavy atom. The third kappa shape index (κ3) is 4.12. The molecule has 17 heavy (non-hydrogen) atoms. The lowest BCUT2D eigenvalue weighted by atomic mass is 10.0. The minimum absolute atomic E-state index is 0. The zero-order chi connectivity index (χ0) is 11.4. The number of nitrogens with one attached hydrogen (secondary N) is 1. The van der Waals surface area contributed by atoms with Crippen LogP contribution in [0.1, 0.15) is 38.5 Å². The van der Waals surface area contributed by atoms with E-state index in [2.05, 4.69) is 5.32 Å². The van der Waals surface area contributed by atoms with E-state index in [4.69, 9.17) is 10.5 Å². The summed E-state index contributed by atoms with van der Waals surface area (Å²) in [5, 5.41) is 3.11. The van der Waals surface area contributed by atoms with Gasteiger partial charge in [0.05, 0.1) is 12.5 Å². The average Bonchev–Trinajstić information content (AvgIpc) is 2.88. The van der Waals surface area contributed by atoms with Gasteiger partial charge in [0, 0.05) is 12.6 Å². The first-order chi connectivity index (χ1) is 7.79. The number of amides is 1. The minimum atomic E-state index is 0. The Morgan fingerprint density at radius 1 is 1.29 bits per heavy atom. The molecule has 2 fully saturated rings. The third-order valence-corrected chi connectivity index (χ3v) is 3.75. The Labute approximate surface area is 109 Å². The van der Waals surface area contributed by atoms with Gasteiger partial charge in [-0.3, -0.25) is 4.79 Å². The third-order valence-electron chi connectivity index (χ3n) is 3.75. The molecule has 1 saturated heterocycles. The van der Waals surface area contributed by atoms with E-state index >= 15 is 0 Å². The van der Waals surface area contributed by atoms with Crippen LogP contribution in [0, 0.1) is 5.92 Å². The van der Waals surface area contributed by atoms with Crippen molar-refractivity contribution in [2.75, 3.05) is 13.2 Å². The predicted molar refractivity (Wildman–Crippen MR) is 69.2 cm³/mol. The maximum atomic E-state index is 11.8. The van der Waals surface area contributed by atoms with E-state index in [1.54, 1.807) is 0 Å². The van der Waals surface area contributed by atoms with E-state index in [0.717, 1.165) is 32.3 Å². The Bertz CT molecular complexity index is 245. The lowest BCUT2D eigenvalue weighted by molar-refractivity contribution is -0.124. The first kappa shape index (κ1) is 14.7. The summed E-state index contributed by atoms with van der Waals surface area (Å²) in [4.78, 5) is 11.8. The fraction of sp³-hybridized carbons (Fsp3) is 0.917. The molecule has 0 bridgehead atoms. The van der Waals surface area contributed by atoms with E-state index < -0.39 is 0 Å². The van der Waals surface area contributed by atoms with E-state index in [1.165, 1.54) is 6.42 Å². The quantitative estimate of drug-likeness (QED) is 0.801. The summed E-state index contributed by atoms with van der Waals surface area (Å²) in [6, 6.07) is 0.305. The Hall–Kier alpha value is -0.320. The second-order valence-electron chi connectivity index (χ2n) is 4.94. The van der Waals surface area contributed by atoms with Crippen LogP contribution < -0.4 is 11.1 Å². The van der Waals surface area contributed by atoms with Gasteiger partial charge in [0.2, 0.25) is 5.91 Å². The van der Waals surface area contributed by atoms with Crippen molar-refractivity contribution in [2.24, 2.45) is 11.7 Å². The van der Waals surface area contributed by atoms with E-state index in [0.29, 0.717) is 24.9 Å². The first-order valence-corrected chi connectivity index (χ1v) is 6.40. The van der Waals surface area contributed by atoms with Crippen molar-refractivity contribution in [1.29, 1.82) is 0 Å². The summed E-state index contributed by atoms with van der Waals surface area (Å²) in [6.45, 7) is 1.50. The molecule has 0 aromatic heterocycles. The van der Waals surface area contributed by atoms with E-state index in [1.807, 2.05) is 0 Å². The minimum Gasteiger partial charge on any atom is -0.378 e. The van der Waals surface area contributed by atoms with Crippen LogP contribution in [-0.2, 0) is 9.53 Å². The molecule has 0 aromatic rings. The lowest BCUT2D eigenvalue weighted by Gasteiger charge is -2.20. The van der Waals surface area contributed by atoms with Crippen LogP contribution in [0.3, 0.4) is 0 Å². The number of nitrogens with two attached hydrogens (primary N) is 1. The fourth-order valence-electron chi connectivity index (χ4n) is 2.79. The molecular weight excluding hydrogens is 240 g/mol. The second kappa shape index (κ2) is 7.19. The molecule has 3 N–H and O–H groups in total. The van der Waals surface area contributed by atoms with Gasteiger partial charge < -0.3 is 15.8 Å². The molecular formula is C12H23ClN2O2. The Morgan fingerprint density at radius 2 is 2.12 bits per heavy atom. The highest BCUT2D eigenvalue weighted by molar-refractivity contribution is 5.85. The largest absolute Gasteiger partial charge is 0.378 e. The number of carbonyl (C=O) groups is 1. The van der Waals surface area contributed by atoms with Gasteiger partial charge in [-0.05, 0) is 38.1 Å². The summed E-state index contributed by atoms with van der Waals surface area (Å²) in [5.41, 5.74) is 5.69. The van der Waals surface area contributed by atoms with Crippen LogP contribution in [-0.4, -0.2) is 31.2 Å². The number of carbonyl (C=O) groups excluding carboxylic acids is 1. The molecule has 100 valence electrons. The van der Waals surface area contributed by atoms with E-state index in [9.17, 15) is 4.79 Å². The molecule has 2 rings (SSSR count). The molecule has 1 amide bonds. The SMILES string of the molecule is Cl.NCC1CCCC1NC(=O)CC1CCCO1. The summed E-state index contributed by atoms with van der Waals surface area (Å²) in [7, 11) is 0. The van der Waals surface area contributed by atoms with Crippen molar-refractivity contribution < 1.29 is 9.53 Å². The topological polar surface area (TPSA) is 64.3 Å². The van der Waals surface area contributed by atoms with Crippen LogP contribution in [0.2, 0.25) is 0 Å². The highest BCUT2D eigenvalue weighted by atomic mass is 35.5. The van der Waals surface area contributed by atoms with Crippen molar-refractivity contribution in [3.8, 4) is 0 Å². The zero-order valence-electron chi connectivity index (χ0n) is 10.2.